The largest absolute Gasteiger partial charge is 0.492 e. The Morgan fingerprint density at radius 1 is 1.31 bits per heavy atom. The summed E-state index contributed by atoms with van der Waals surface area (Å²) in [6.45, 7) is 4.89. The highest BCUT2D eigenvalue weighted by atomic mass is 127. The van der Waals surface area contributed by atoms with Crippen LogP contribution < -0.4 is 14.8 Å². The van der Waals surface area contributed by atoms with Gasteiger partial charge in [-0.05, 0) is 38.1 Å². The molecule has 0 fully saturated rings. The fourth-order valence-electron chi connectivity index (χ4n) is 2.16. The highest BCUT2D eigenvalue weighted by molar-refractivity contribution is 14.0. The molecule has 0 atom stereocenters. The van der Waals surface area contributed by atoms with E-state index in [1.54, 1.807) is 33.0 Å². The molecule has 0 amide bonds. The molecule has 0 saturated carbocycles. The van der Waals surface area contributed by atoms with Crippen LogP contribution in [0.5, 0.6) is 5.75 Å². The van der Waals surface area contributed by atoms with Crippen molar-refractivity contribution in [1.29, 1.82) is 0 Å². The predicted molar refractivity (Wildman–Crippen MR) is 113 cm³/mol. The molecule has 10 heteroatoms. The predicted octanol–water partition coefficient (Wildman–Crippen LogP) is 1.66. The molecule has 2 N–H and O–H groups in total. The first-order valence-electron chi connectivity index (χ1n) is 7.81. The molecule has 1 aromatic rings. The van der Waals surface area contributed by atoms with Crippen LogP contribution in [0.25, 0.3) is 0 Å². The number of nitrogens with one attached hydrogen (secondary N) is 2. The maximum atomic E-state index is 12.8. The summed E-state index contributed by atoms with van der Waals surface area (Å²) < 4.78 is 43.7. The number of hydrogen-bond acceptors (Lipinski definition) is 4. The number of aliphatic imine (C=N–C) groups is 1. The molecule has 0 aliphatic rings. The van der Waals surface area contributed by atoms with Crippen molar-refractivity contribution in [2.24, 2.45) is 4.99 Å². The van der Waals surface area contributed by atoms with E-state index in [0.717, 1.165) is 6.26 Å². The van der Waals surface area contributed by atoms with Crippen molar-refractivity contribution in [1.82, 2.24) is 14.9 Å². The summed E-state index contributed by atoms with van der Waals surface area (Å²) in [5.41, 5.74) is -0.658. The summed E-state index contributed by atoms with van der Waals surface area (Å²) in [4.78, 5) is 6.04. The lowest BCUT2D eigenvalue weighted by atomic mass is 10.1. The van der Waals surface area contributed by atoms with Gasteiger partial charge in [0.15, 0.2) is 5.96 Å². The molecule has 7 nitrogen and oxygen atoms in total. The van der Waals surface area contributed by atoms with Gasteiger partial charge in [-0.3, -0.25) is 4.99 Å². The number of likely N-dealkylation sites (N-methyl/N-ethyl adjacent to an activating group) is 1. The van der Waals surface area contributed by atoms with Gasteiger partial charge >= 0.3 is 0 Å². The molecule has 0 spiro atoms. The lowest BCUT2D eigenvalue weighted by Crippen LogP contribution is -2.53. The Morgan fingerprint density at radius 2 is 1.88 bits per heavy atom. The van der Waals surface area contributed by atoms with Crippen LogP contribution >= 0.6 is 24.0 Å². The van der Waals surface area contributed by atoms with Crippen LogP contribution in [0.15, 0.2) is 29.3 Å². The molecule has 0 aliphatic carbocycles. The second kappa shape index (κ2) is 10.9. The lowest BCUT2D eigenvalue weighted by molar-refractivity contribution is 0.280. The van der Waals surface area contributed by atoms with Gasteiger partial charge < -0.3 is 15.0 Å². The molecular formula is C16H28FIN4O3S. The second-order valence-electron chi connectivity index (χ2n) is 6.38. The van der Waals surface area contributed by atoms with Gasteiger partial charge in [-0.1, -0.05) is 0 Å². The number of ether oxygens (including phenoxy) is 1. The van der Waals surface area contributed by atoms with E-state index in [1.165, 1.54) is 12.1 Å². The lowest BCUT2D eigenvalue weighted by Gasteiger charge is -2.29. The van der Waals surface area contributed by atoms with Gasteiger partial charge in [0.25, 0.3) is 0 Å². The average molecular weight is 502 g/mol. The zero-order valence-corrected chi connectivity index (χ0v) is 18.9. The fourth-order valence-corrected chi connectivity index (χ4v) is 3.24. The molecular weight excluding hydrogens is 474 g/mol. The first-order valence-corrected chi connectivity index (χ1v) is 9.71. The molecule has 0 aliphatic heterocycles. The highest BCUT2D eigenvalue weighted by Crippen LogP contribution is 2.10. The Labute approximate surface area is 172 Å². The van der Waals surface area contributed by atoms with Gasteiger partial charge in [-0.25, -0.2) is 17.5 Å². The van der Waals surface area contributed by atoms with Crippen molar-refractivity contribution < 1.29 is 17.5 Å². The van der Waals surface area contributed by atoms with Crippen molar-refractivity contribution in [2.45, 2.75) is 19.4 Å². The van der Waals surface area contributed by atoms with Crippen molar-refractivity contribution >= 4 is 40.0 Å². The number of sulfonamides is 1. The minimum absolute atomic E-state index is 0. The van der Waals surface area contributed by atoms with Crippen LogP contribution in [0.4, 0.5) is 4.39 Å². The molecule has 150 valence electrons. The number of rotatable bonds is 8. The third-order valence-electron chi connectivity index (χ3n) is 3.23. The monoisotopic (exact) mass is 502 g/mol. The zero-order chi connectivity index (χ0) is 19.1. The summed E-state index contributed by atoms with van der Waals surface area (Å²) in [5, 5.41) is 3.13. The quantitative estimate of drug-likeness (QED) is 0.321. The fraction of sp³-hybridized carbons (Fsp3) is 0.562. The zero-order valence-electron chi connectivity index (χ0n) is 15.7. The molecule has 0 saturated heterocycles. The maximum Gasteiger partial charge on any atom is 0.209 e. The van der Waals surface area contributed by atoms with Crippen molar-refractivity contribution in [3.63, 3.8) is 0 Å². The van der Waals surface area contributed by atoms with Crippen LogP contribution in [0, 0.1) is 5.82 Å². The second-order valence-corrected chi connectivity index (χ2v) is 8.13. The van der Waals surface area contributed by atoms with E-state index < -0.39 is 15.6 Å². The SMILES string of the molecule is CN=C(NCC(C)(C)NS(C)(=O)=O)N(C)CCOc1ccc(F)cc1.I. The summed E-state index contributed by atoms with van der Waals surface area (Å²) >= 11 is 0. The molecule has 1 aromatic carbocycles. The van der Waals surface area contributed by atoms with E-state index in [0.29, 0.717) is 31.4 Å². The minimum atomic E-state index is -3.29. The van der Waals surface area contributed by atoms with Gasteiger partial charge in [-0.2, -0.15) is 0 Å². The van der Waals surface area contributed by atoms with Gasteiger partial charge in [0.2, 0.25) is 10.0 Å². The standard InChI is InChI=1S/C16H27FN4O3S.HI/c1-16(2,20-25(5,22)23)12-19-15(18-3)21(4)10-11-24-14-8-6-13(17)7-9-14;/h6-9,20H,10-12H2,1-5H3,(H,18,19);1H. The number of benzene rings is 1. The first-order chi connectivity index (χ1) is 11.5. The van der Waals surface area contributed by atoms with Crippen LogP contribution in [-0.4, -0.2) is 64.9 Å². The van der Waals surface area contributed by atoms with E-state index in [4.69, 9.17) is 4.74 Å². The summed E-state index contributed by atoms with van der Waals surface area (Å²) in [6.07, 6.45) is 1.13. The van der Waals surface area contributed by atoms with E-state index in [2.05, 4.69) is 15.0 Å². The Morgan fingerprint density at radius 3 is 2.38 bits per heavy atom. The van der Waals surface area contributed by atoms with Gasteiger partial charge in [0.05, 0.1) is 12.8 Å². The maximum absolute atomic E-state index is 12.8. The molecule has 0 bridgehead atoms. The van der Waals surface area contributed by atoms with E-state index in [1.807, 2.05) is 11.9 Å². The van der Waals surface area contributed by atoms with Gasteiger partial charge in [-0.15, -0.1) is 24.0 Å². The van der Waals surface area contributed by atoms with E-state index in [9.17, 15) is 12.8 Å². The molecule has 1 rings (SSSR count). The van der Waals surface area contributed by atoms with Gasteiger partial charge in [0, 0.05) is 26.2 Å². The summed E-state index contributed by atoms with van der Waals surface area (Å²) in [6, 6.07) is 5.83. The Kier molecular flexibility index (Phi) is 10.4. The minimum Gasteiger partial charge on any atom is -0.492 e. The number of nitrogens with zero attached hydrogens (tertiary/aromatic N) is 2. The number of halogens is 2. The van der Waals surface area contributed by atoms with Crippen LogP contribution in [0.2, 0.25) is 0 Å². The third-order valence-corrected chi connectivity index (χ3v) is 4.16. The van der Waals surface area contributed by atoms with E-state index in [-0.39, 0.29) is 29.8 Å². The van der Waals surface area contributed by atoms with Crippen LogP contribution in [0.1, 0.15) is 13.8 Å². The van der Waals surface area contributed by atoms with E-state index >= 15 is 0 Å². The first kappa shape index (κ1) is 24.9. The molecule has 26 heavy (non-hydrogen) atoms. The van der Waals surface area contributed by atoms with Crippen molar-refractivity contribution in [3.8, 4) is 5.75 Å². The molecule has 0 radical (unpaired) electrons. The Balaban J connectivity index is 0.00000625. The normalized spacial score (nSPS) is 12.3. The highest BCUT2D eigenvalue weighted by Gasteiger charge is 2.22. The Hall–Kier alpha value is -1.14. The summed E-state index contributed by atoms with van der Waals surface area (Å²) in [7, 11) is 0.202. The third kappa shape index (κ3) is 10.1. The summed E-state index contributed by atoms with van der Waals surface area (Å²) in [5.74, 6) is 0.904. The average Bonchev–Trinajstić information content (AvgIpc) is 2.47. The van der Waals surface area contributed by atoms with Crippen molar-refractivity contribution in [2.75, 3.05) is 40.0 Å². The smallest absolute Gasteiger partial charge is 0.209 e. The number of hydrogen-bond donors (Lipinski definition) is 2. The molecule has 0 aromatic heterocycles. The number of guanidine groups is 1. The topological polar surface area (TPSA) is 83.0 Å². The van der Waals surface area contributed by atoms with Crippen molar-refractivity contribution in [3.05, 3.63) is 30.1 Å². The van der Waals surface area contributed by atoms with Gasteiger partial charge in [0.1, 0.15) is 18.2 Å². The van der Waals surface area contributed by atoms with Crippen LogP contribution in [0.3, 0.4) is 0 Å². The molecule has 0 heterocycles. The van der Waals surface area contributed by atoms with Crippen LogP contribution in [-0.2, 0) is 10.0 Å². The molecule has 0 unspecified atom stereocenters. The Bertz CT molecular complexity index is 681.